The van der Waals surface area contributed by atoms with Crippen molar-refractivity contribution in [1.82, 2.24) is 20.4 Å². The Balaban J connectivity index is 1.25. The Hall–Kier alpha value is -3.48. The molecule has 0 radical (unpaired) electrons. The van der Waals surface area contributed by atoms with Gasteiger partial charge in [0.15, 0.2) is 0 Å². The van der Waals surface area contributed by atoms with Gasteiger partial charge in [0, 0.05) is 24.1 Å². The Labute approximate surface area is 193 Å². The highest BCUT2D eigenvalue weighted by molar-refractivity contribution is 5.98. The summed E-state index contributed by atoms with van der Waals surface area (Å²) in [5.74, 6) is 0.917. The Morgan fingerprint density at radius 2 is 1.88 bits per heavy atom. The molecule has 0 spiro atoms. The molecule has 7 heteroatoms. The minimum Gasteiger partial charge on any atom is -0.339 e. The van der Waals surface area contributed by atoms with E-state index >= 15 is 0 Å². The molecule has 3 unspecified atom stereocenters. The van der Waals surface area contributed by atoms with Gasteiger partial charge in [0.05, 0.1) is 5.92 Å². The summed E-state index contributed by atoms with van der Waals surface area (Å²) in [5.41, 5.74) is 4.44. The molecule has 2 fully saturated rings. The quantitative estimate of drug-likeness (QED) is 0.630. The van der Waals surface area contributed by atoms with Gasteiger partial charge >= 0.3 is 6.03 Å². The van der Waals surface area contributed by atoms with E-state index in [-0.39, 0.29) is 29.8 Å². The van der Waals surface area contributed by atoms with Crippen molar-refractivity contribution in [2.75, 3.05) is 6.54 Å². The lowest BCUT2D eigenvalue weighted by atomic mass is 9.76. The second kappa shape index (κ2) is 8.81. The lowest BCUT2D eigenvalue weighted by molar-refractivity contribution is -0.136. The maximum atomic E-state index is 13.1. The number of rotatable bonds is 5. The second-order valence-corrected chi connectivity index (χ2v) is 9.15. The van der Waals surface area contributed by atoms with E-state index in [2.05, 4.69) is 41.4 Å². The maximum Gasteiger partial charge on any atom is 0.324 e. The Kier molecular flexibility index (Phi) is 5.70. The van der Waals surface area contributed by atoms with Gasteiger partial charge in [0.1, 0.15) is 0 Å². The number of benzene rings is 2. The molecule has 33 heavy (non-hydrogen) atoms. The van der Waals surface area contributed by atoms with Crippen LogP contribution < -0.4 is 5.32 Å². The van der Waals surface area contributed by atoms with E-state index in [1.807, 2.05) is 36.4 Å². The van der Waals surface area contributed by atoms with Crippen LogP contribution in [0.2, 0.25) is 0 Å². The van der Waals surface area contributed by atoms with E-state index in [0.29, 0.717) is 37.5 Å². The lowest BCUT2D eigenvalue weighted by Gasteiger charge is -2.41. The average molecular weight is 445 g/mol. The predicted molar refractivity (Wildman–Crippen MR) is 123 cm³/mol. The molecular formula is C26H28N4O3. The summed E-state index contributed by atoms with van der Waals surface area (Å²) in [6, 6.07) is 15.5. The van der Waals surface area contributed by atoms with Crippen molar-refractivity contribution in [1.29, 1.82) is 0 Å². The van der Waals surface area contributed by atoms with Gasteiger partial charge in [-0.1, -0.05) is 47.6 Å². The molecule has 1 aliphatic carbocycles. The maximum absolute atomic E-state index is 13.1. The fraction of sp³-hybridized carbons (Fsp3) is 0.385. The summed E-state index contributed by atoms with van der Waals surface area (Å²) < 4.78 is 5.60. The SMILES string of the molecule is Cc1ccc(-c2noc(C3CCC4C(=O)N(CCc5ccccc5)C(=O)NC4C3)n2)cc1C. The zero-order valence-corrected chi connectivity index (χ0v) is 19.0. The molecule has 3 atom stereocenters. The molecule has 1 N–H and O–H groups in total. The number of aryl methyl sites for hydroxylation is 2. The van der Waals surface area contributed by atoms with Crippen LogP contribution in [0.3, 0.4) is 0 Å². The van der Waals surface area contributed by atoms with Crippen molar-refractivity contribution in [3.63, 3.8) is 0 Å². The number of aromatic nitrogens is 2. The van der Waals surface area contributed by atoms with Crippen LogP contribution in [0, 0.1) is 19.8 Å². The number of amides is 3. The summed E-state index contributed by atoms with van der Waals surface area (Å²) in [6.45, 7) is 4.53. The Bertz CT molecular complexity index is 1170. The van der Waals surface area contributed by atoms with Crippen molar-refractivity contribution >= 4 is 11.9 Å². The van der Waals surface area contributed by atoms with Crippen LogP contribution >= 0.6 is 0 Å². The molecule has 170 valence electrons. The first-order valence-corrected chi connectivity index (χ1v) is 11.6. The summed E-state index contributed by atoms with van der Waals surface area (Å²) in [6.07, 6.45) is 2.76. The minimum atomic E-state index is -0.306. The summed E-state index contributed by atoms with van der Waals surface area (Å²) in [7, 11) is 0. The fourth-order valence-corrected chi connectivity index (χ4v) is 4.88. The van der Waals surface area contributed by atoms with Crippen LogP contribution in [0.15, 0.2) is 53.1 Å². The highest BCUT2D eigenvalue weighted by Crippen LogP contribution is 2.38. The van der Waals surface area contributed by atoms with Crippen LogP contribution in [-0.4, -0.2) is 39.6 Å². The summed E-state index contributed by atoms with van der Waals surface area (Å²) in [5, 5.41) is 7.25. The van der Waals surface area contributed by atoms with Crippen molar-refractivity contribution in [3.05, 3.63) is 71.1 Å². The van der Waals surface area contributed by atoms with E-state index in [4.69, 9.17) is 4.52 Å². The topological polar surface area (TPSA) is 88.3 Å². The normalized spacial score (nSPS) is 22.7. The first-order valence-electron chi connectivity index (χ1n) is 11.6. The van der Waals surface area contributed by atoms with Crippen LogP contribution in [0.25, 0.3) is 11.4 Å². The van der Waals surface area contributed by atoms with Gasteiger partial charge in [0.25, 0.3) is 0 Å². The van der Waals surface area contributed by atoms with E-state index in [1.165, 1.54) is 16.0 Å². The number of nitrogens with zero attached hydrogens (tertiary/aromatic N) is 3. The van der Waals surface area contributed by atoms with Crippen LogP contribution in [-0.2, 0) is 11.2 Å². The summed E-state index contributed by atoms with van der Waals surface area (Å²) in [4.78, 5) is 31.8. The van der Waals surface area contributed by atoms with Gasteiger partial charge in [-0.25, -0.2) is 4.79 Å². The largest absolute Gasteiger partial charge is 0.339 e. The van der Waals surface area contributed by atoms with E-state index in [9.17, 15) is 9.59 Å². The number of hydrogen-bond donors (Lipinski definition) is 1. The van der Waals surface area contributed by atoms with Gasteiger partial charge in [0.2, 0.25) is 17.6 Å². The Morgan fingerprint density at radius 3 is 2.67 bits per heavy atom. The minimum absolute atomic E-state index is 0.0306. The van der Waals surface area contributed by atoms with Gasteiger partial charge < -0.3 is 9.84 Å². The second-order valence-electron chi connectivity index (χ2n) is 9.15. The molecule has 5 rings (SSSR count). The molecule has 1 aromatic heterocycles. The molecule has 1 saturated heterocycles. The van der Waals surface area contributed by atoms with E-state index < -0.39 is 0 Å². The van der Waals surface area contributed by atoms with Gasteiger partial charge in [-0.2, -0.15) is 4.98 Å². The molecular weight excluding hydrogens is 416 g/mol. The molecule has 0 bridgehead atoms. The van der Waals surface area contributed by atoms with Gasteiger partial charge in [-0.3, -0.25) is 9.69 Å². The van der Waals surface area contributed by atoms with Crippen molar-refractivity contribution in [2.45, 2.75) is 51.5 Å². The molecule has 2 aliphatic rings. The zero-order chi connectivity index (χ0) is 22.9. The average Bonchev–Trinajstić information content (AvgIpc) is 3.31. The number of fused-ring (bicyclic) bond motifs is 1. The molecule has 7 nitrogen and oxygen atoms in total. The number of hydrogen-bond acceptors (Lipinski definition) is 5. The van der Waals surface area contributed by atoms with Crippen LogP contribution in [0.5, 0.6) is 0 Å². The van der Waals surface area contributed by atoms with E-state index in [1.54, 1.807) is 0 Å². The predicted octanol–water partition coefficient (Wildman–Crippen LogP) is 4.40. The number of carbonyl (C=O) groups excluding carboxylic acids is 2. The molecule has 2 aromatic carbocycles. The van der Waals surface area contributed by atoms with Crippen molar-refractivity contribution < 1.29 is 14.1 Å². The lowest BCUT2D eigenvalue weighted by Crippen LogP contribution is -2.61. The number of urea groups is 1. The number of imide groups is 1. The monoisotopic (exact) mass is 444 g/mol. The first-order chi connectivity index (χ1) is 16.0. The third kappa shape index (κ3) is 4.27. The van der Waals surface area contributed by atoms with Crippen molar-refractivity contribution in [2.24, 2.45) is 5.92 Å². The number of carbonyl (C=O) groups is 2. The fourth-order valence-electron chi connectivity index (χ4n) is 4.88. The standard InChI is InChI=1S/C26H28N4O3/c1-16-8-9-19(14-17(16)2)23-28-24(33-29-23)20-10-11-21-22(15-20)27-26(32)30(25(21)31)13-12-18-6-4-3-5-7-18/h3-9,14,20-22H,10-13,15H2,1-2H3,(H,27,32). The molecule has 1 aliphatic heterocycles. The first kappa shape index (κ1) is 21.4. The Morgan fingerprint density at radius 1 is 1.06 bits per heavy atom. The van der Waals surface area contributed by atoms with Crippen molar-refractivity contribution in [3.8, 4) is 11.4 Å². The third-order valence-electron chi connectivity index (χ3n) is 7.01. The highest BCUT2D eigenvalue weighted by Gasteiger charge is 2.45. The molecule has 2 heterocycles. The molecule has 1 saturated carbocycles. The van der Waals surface area contributed by atoms with E-state index in [0.717, 1.165) is 17.5 Å². The third-order valence-corrected chi connectivity index (χ3v) is 7.01. The van der Waals surface area contributed by atoms with Gasteiger partial charge in [-0.15, -0.1) is 0 Å². The number of nitrogens with one attached hydrogen (secondary N) is 1. The van der Waals surface area contributed by atoms with Crippen LogP contribution in [0.4, 0.5) is 4.79 Å². The molecule has 3 amide bonds. The van der Waals surface area contributed by atoms with Gasteiger partial charge in [-0.05, 0) is 62.3 Å². The molecule has 3 aromatic rings. The highest BCUT2D eigenvalue weighted by atomic mass is 16.5. The smallest absolute Gasteiger partial charge is 0.324 e. The van der Waals surface area contributed by atoms with Crippen LogP contribution in [0.1, 0.15) is 47.8 Å². The zero-order valence-electron chi connectivity index (χ0n) is 19.0. The summed E-state index contributed by atoms with van der Waals surface area (Å²) >= 11 is 0.